The molecule has 0 saturated carbocycles. The van der Waals surface area contributed by atoms with Gasteiger partial charge in [0.2, 0.25) is 10.0 Å². The maximum absolute atomic E-state index is 13.4. The standard InChI is InChI=1S/C10H25FN3O2S.HI/c1-12(2)8-10-17(15,16)13(11)7-6-9-14(3,4)5;/h6-10H2,1-5H3;1H/q+1;/p-1. The van der Waals surface area contributed by atoms with E-state index in [9.17, 15) is 12.9 Å². The molecule has 0 spiro atoms. The number of rotatable bonds is 8. The third-order valence-corrected chi connectivity index (χ3v) is 3.75. The number of nitrogens with zero attached hydrogens (tertiary/aromatic N) is 3. The van der Waals surface area contributed by atoms with E-state index in [4.69, 9.17) is 0 Å². The van der Waals surface area contributed by atoms with Crippen LogP contribution in [0.15, 0.2) is 0 Å². The molecule has 0 saturated heterocycles. The highest BCUT2D eigenvalue weighted by Crippen LogP contribution is 2.05. The average Bonchev–Trinajstić information content (AvgIpc) is 2.12. The molecule has 0 unspecified atom stereocenters. The number of sulfonamides is 1. The summed E-state index contributed by atoms with van der Waals surface area (Å²) in [7, 11) is 5.73. The van der Waals surface area contributed by atoms with Gasteiger partial charge in [0, 0.05) is 13.0 Å². The van der Waals surface area contributed by atoms with Gasteiger partial charge in [-0.05, 0) is 18.6 Å². The Labute approximate surface area is 128 Å². The minimum absolute atomic E-state index is 0. The summed E-state index contributed by atoms with van der Waals surface area (Å²) in [5, 5.41) is 0. The second-order valence-electron chi connectivity index (χ2n) is 5.50. The van der Waals surface area contributed by atoms with Gasteiger partial charge in [0.05, 0.1) is 40.0 Å². The molecule has 112 valence electrons. The molecule has 18 heavy (non-hydrogen) atoms. The predicted octanol–water partition coefficient (Wildman–Crippen LogP) is -2.84. The first-order valence-corrected chi connectivity index (χ1v) is 7.27. The fourth-order valence-corrected chi connectivity index (χ4v) is 2.41. The highest BCUT2D eigenvalue weighted by Gasteiger charge is 2.22. The minimum atomic E-state index is -3.76. The number of hydrogen-bond acceptors (Lipinski definition) is 3. The van der Waals surface area contributed by atoms with Crippen molar-refractivity contribution in [3.05, 3.63) is 0 Å². The molecule has 0 N–H and O–H groups in total. The van der Waals surface area contributed by atoms with Crippen molar-refractivity contribution in [1.29, 1.82) is 0 Å². The molecule has 0 atom stereocenters. The van der Waals surface area contributed by atoms with Crippen LogP contribution in [0.1, 0.15) is 6.42 Å². The van der Waals surface area contributed by atoms with Crippen molar-refractivity contribution in [3.8, 4) is 0 Å². The zero-order valence-corrected chi connectivity index (χ0v) is 14.8. The monoisotopic (exact) mass is 397 g/mol. The molecule has 0 aromatic rings. The second kappa shape index (κ2) is 8.62. The third-order valence-electron chi connectivity index (χ3n) is 2.26. The van der Waals surface area contributed by atoms with Crippen LogP contribution in [0, 0.1) is 0 Å². The van der Waals surface area contributed by atoms with Crippen LogP contribution in [-0.2, 0) is 10.0 Å². The topological polar surface area (TPSA) is 40.6 Å². The van der Waals surface area contributed by atoms with E-state index in [-0.39, 0.29) is 40.8 Å². The molecule has 0 radical (unpaired) electrons. The van der Waals surface area contributed by atoms with Crippen LogP contribution >= 0.6 is 0 Å². The smallest absolute Gasteiger partial charge is 0.241 e. The molecule has 8 heteroatoms. The van der Waals surface area contributed by atoms with E-state index >= 15 is 0 Å². The summed E-state index contributed by atoms with van der Waals surface area (Å²) in [6.07, 6.45) is 0.515. The molecule has 0 aromatic heterocycles. The molecular weight excluding hydrogens is 372 g/mol. The lowest BCUT2D eigenvalue weighted by Crippen LogP contribution is -3.00. The minimum Gasteiger partial charge on any atom is -1.00 e. The molecular formula is C10H25FIN3O2S. The van der Waals surface area contributed by atoms with Gasteiger partial charge in [-0.25, -0.2) is 8.42 Å². The Balaban J connectivity index is 0. The second-order valence-corrected chi connectivity index (χ2v) is 7.47. The van der Waals surface area contributed by atoms with Crippen LogP contribution in [-0.4, -0.2) is 83.0 Å². The lowest BCUT2D eigenvalue weighted by Gasteiger charge is -2.24. The Morgan fingerprint density at radius 2 is 1.61 bits per heavy atom. The van der Waals surface area contributed by atoms with Gasteiger partial charge in [0.25, 0.3) is 0 Å². The molecule has 0 amide bonds. The normalized spacial score (nSPS) is 12.9. The molecule has 0 rings (SSSR count). The third kappa shape index (κ3) is 10.4. The molecule has 5 nitrogen and oxygen atoms in total. The zero-order valence-electron chi connectivity index (χ0n) is 11.9. The summed E-state index contributed by atoms with van der Waals surface area (Å²) in [6.45, 7) is 1.01. The van der Waals surface area contributed by atoms with Gasteiger partial charge in [-0.2, -0.15) is 0 Å². The van der Waals surface area contributed by atoms with Gasteiger partial charge in [-0.1, -0.05) is 0 Å². The highest BCUT2D eigenvalue weighted by molar-refractivity contribution is 7.88. The Morgan fingerprint density at radius 1 is 1.11 bits per heavy atom. The van der Waals surface area contributed by atoms with Gasteiger partial charge in [0.15, 0.2) is 0 Å². The molecule has 0 bridgehead atoms. The summed E-state index contributed by atoms with van der Waals surface area (Å²) < 4.78 is 37.1. The number of quaternary nitrogens is 1. The SMILES string of the molecule is CN(C)CCS(=O)(=O)N(F)CCC[N+](C)(C)C.[I-]. The van der Waals surface area contributed by atoms with Crippen molar-refractivity contribution in [2.45, 2.75) is 6.42 Å². The summed E-state index contributed by atoms with van der Waals surface area (Å²) in [6, 6.07) is 0. The maximum atomic E-state index is 13.4. The van der Waals surface area contributed by atoms with Crippen LogP contribution in [0.5, 0.6) is 0 Å². The van der Waals surface area contributed by atoms with E-state index in [1.54, 1.807) is 19.0 Å². The predicted molar refractivity (Wildman–Crippen MR) is 67.7 cm³/mol. The van der Waals surface area contributed by atoms with Crippen molar-refractivity contribution in [2.24, 2.45) is 0 Å². The van der Waals surface area contributed by atoms with Crippen LogP contribution in [0.4, 0.5) is 4.48 Å². The molecule has 0 aliphatic rings. The number of halogens is 2. The summed E-state index contributed by atoms with van der Waals surface area (Å²) in [4.78, 5) is 1.72. The van der Waals surface area contributed by atoms with Gasteiger partial charge in [-0.3, -0.25) is 0 Å². The largest absolute Gasteiger partial charge is 1.00 e. The lowest BCUT2D eigenvalue weighted by molar-refractivity contribution is -0.870. The Hall–Kier alpha value is 0.490. The summed E-state index contributed by atoms with van der Waals surface area (Å²) in [5.74, 6) is -0.180. The first kappa shape index (κ1) is 20.8. The summed E-state index contributed by atoms with van der Waals surface area (Å²) >= 11 is 0. The Bertz CT molecular complexity index is 318. The van der Waals surface area contributed by atoms with Crippen LogP contribution in [0.3, 0.4) is 0 Å². The van der Waals surface area contributed by atoms with Gasteiger partial charge < -0.3 is 33.4 Å². The van der Waals surface area contributed by atoms with E-state index in [0.717, 1.165) is 6.54 Å². The van der Waals surface area contributed by atoms with E-state index in [1.807, 2.05) is 21.1 Å². The van der Waals surface area contributed by atoms with E-state index in [0.29, 0.717) is 17.4 Å². The number of hydrogen-bond donors (Lipinski definition) is 0. The quantitative estimate of drug-likeness (QED) is 0.252. The molecule has 0 fully saturated rings. The fourth-order valence-electron chi connectivity index (χ4n) is 1.21. The average molecular weight is 397 g/mol. The fraction of sp³-hybridized carbons (Fsp3) is 1.00. The highest BCUT2D eigenvalue weighted by atomic mass is 127. The summed E-state index contributed by atoms with van der Waals surface area (Å²) in [5.41, 5.74) is 0. The van der Waals surface area contributed by atoms with Crippen molar-refractivity contribution in [3.63, 3.8) is 0 Å². The first-order valence-electron chi connectivity index (χ1n) is 5.66. The molecule has 0 aromatic carbocycles. The Kier molecular flexibility index (Phi) is 9.96. The Morgan fingerprint density at radius 3 is 2.00 bits per heavy atom. The molecule has 0 heterocycles. The van der Waals surface area contributed by atoms with Crippen LogP contribution in [0.2, 0.25) is 0 Å². The van der Waals surface area contributed by atoms with Crippen molar-refractivity contribution >= 4 is 10.0 Å². The van der Waals surface area contributed by atoms with Gasteiger partial charge >= 0.3 is 0 Å². The molecule has 0 aliphatic carbocycles. The van der Waals surface area contributed by atoms with Gasteiger partial charge in [0.1, 0.15) is 0 Å². The van der Waals surface area contributed by atoms with Crippen LogP contribution in [0.25, 0.3) is 0 Å². The van der Waals surface area contributed by atoms with E-state index in [2.05, 4.69) is 0 Å². The first-order chi connectivity index (χ1) is 7.54. The maximum Gasteiger partial charge on any atom is 0.241 e. The van der Waals surface area contributed by atoms with E-state index < -0.39 is 10.0 Å². The van der Waals surface area contributed by atoms with E-state index in [1.165, 1.54) is 0 Å². The van der Waals surface area contributed by atoms with Crippen molar-refractivity contribution in [1.82, 2.24) is 9.43 Å². The van der Waals surface area contributed by atoms with Gasteiger partial charge in [-0.15, -0.1) is 4.48 Å². The van der Waals surface area contributed by atoms with Crippen molar-refractivity contribution < 1.29 is 41.4 Å². The van der Waals surface area contributed by atoms with Crippen LogP contribution < -0.4 is 24.0 Å². The van der Waals surface area contributed by atoms with Crippen molar-refractivity contribution in [2.75, 3.05) is 60.6 Å². The molecule has 0 aliphatic heterocycles. The lowest BCUT2D eigenvalue weighted by atomic mass is 10.4. The zero-order chi connectivity index (χ0) is 13.7.